The lowest BCUT2D eigenvalue weighted by Crippen LogP contribution is -2.38. The predicted octanol–water partition coefficient (Wildman–Crippen LogP) is 2.45. The molecule has 1 aliphatic heterocycles. The Labute approximate surface area is 116 Å². The van der Waals surface area contributed by atoms with Gasteiger partial charge in [0.25, 0.3) is 0 Å². The van der Waals surface area contributed by atoms with Gasteiger partial charge in [0.2, 0.25) is 0 Å². The number of ether oxygens (including phenoxy) is 1. The Kier molecular flexibility index (Phi) is 5.67. The maximum Gasteiger partial charge on any atom is 0.119 e. The molecule has 1 atom stereocenters. The molecular formula is C16H26N2O. The topological polar surface area (TPSA) is 24.5 Å². The van der Waals surface area contributed by atoms with E-state index in [1.54, 1.807) is 0 Å². The van der Waals surface area contributed by atoms with E-state index in [9.17, 15) is 0 Å². The standard InChI is InChI=1S/C16H26N2O/c1-3-15-13-18(9-5-8-17-15)10-11-19-16-7-4-6-14(2)12-16/h4,6-7,12,15,17H,3,5,8-11,13H2,1-2H3. The molecule has 1 N–H and O–H groups in total. The van der Waals surface area contributed by atoms with Gasteiger partial charge < -0.3 is 10.1 Å². The highest BCUT2D eigenvalue weighted by molar-refractivity contribution is 5.27. The summed E-state index contributed by atoms with van der Waals surface area (Å²) in [5.74, 6) is 0.986. The molecule has 0 saturated carbocycles. The zero-order valence-electron chi connectivity index (χ0n) is 12.2. The van der Waals surface area contributed by atoms with Crippen LogP contribution in [0.25, 0.3) is 0 Å². The number of hydrogen-bond donors (Lipinski definition) is 1. The third-order valence-electron chi connectivity index (χ3n) is 3.72. The maximum atomic E-state index is 5.84. The van der Waals surface area contributed by atoms with Crippen LogP contribution in [0.4, 0.5) is 0 Å². The maximum absolute atomic E-state index is 5.84. The first kappa shape index (κ1) is 14.4. The minimum absolute atomic E-state index is 0.640. The van der Waals surface area contributed by atoms with Crippen LogP contribution in [-0.2, 0) is 0 Å². The highest BCUT2D eigenvalue weighted by atomic mass is 16.5. The molecule has 106 valence electrons. The molecule has 0 amide bonds. The van der Waals surface area contributed by atoms with Crippen molar-refractivity contribution in [2.75, 3.05) is 32.8 Å². The monoisotopic (exact) mass is 262 g/mol. The normalized spacial score (nSPS) is 21.1. The number of benzene rings is 1. The molecule has 1 aromatic carbocycles. The summed E-state index contributed by atoms with van der Waals surface area (Å²) >= 11 is 0. The van der Waals surface area contributed by atoms with Crippen LogP contribution in [0, 0.1) is 6.92 Å². The Hall–Kier alpha value is -1.06. The third kappa shape index (κ3) is 4.84. The van der Waals surface area contributed by atoms with E-state index in [0.29, 0.717) is 6.04 Å². The first-order valence-corrected chi connectivity index (χ1v) is 7.43. The smallest absolute Gasteiger partial charge is 0.119 e. The van der Waals surface area contributed by atoms with Crippen molar-refractivity contribution in [2.24, 2.45) is 0 Å². The summed E-state index contributed by atoms with van der Waals surface area (Å²) < 4.78 is 5.84. The van der Waals surface area contributed by atoms with E-state index in [4.69, 9.17) is 4.74 Å². The molecule has 1 saturated heterocycles. The Morgan fingerprint density at radius 1 is 1.42 bits per heavy atom. The summed E-state index contributed by atoms with van der Waals surface area (Å²) in [4.78, 5) is 2.52. The lowest BCUT2D eigenvalue weighted by atomic mass is 10.2. The van der Waals surface area contributed by atoms with Gasteiger partial charge in [0.05, 0.1) is 0 Å². The van der Waals surface area contributed by atoms with Gasteiger partial charge in [-0.2, -0.15) is 0 Å². The molecule has 0 radical (unpaired) electrons. The lowest BCUT2D eigenvalue weighted by Gasteiger charge is -2.23. The van der Waals surface area contributed by atoms with E-state index in [0.717, 1.165) is 32.0 Å². The van der Waals surface area contributed by atoms with Crippen LogP contribution in [0.15, 0.2) is 24.3 Å². The average molecular weight is 262 g/mol. The summed E-state index contributed by atoms with van der Waals surface area (Å²) in [5.41, 5.74) is 1.25. The molecule has 3 heteroatoms. The van der Waals surface area contributed by atoms with Crippen LogP contribution in [0.2, 0.25) is 0 Å². The van der Waals surface area contributed by atoms with Crippen molar-refractivity contribution >= 4 is 0 Å². The van der Waals surface area contributed by atoms with Gasteiger partial charge in [0.15, 0.2) is 0 Å². The second-order valence-corrected chi connectivity index (χ2v) is 5.38. The molecule has 0 aliphatic carbocycles. The predicted molar refractivity (Wildman–Crippen MR) is 79.8 cm³/mol. The highest BCUT2D eigenvalue weighted by Gasteiger charge is 2.15. The van der Waals surface area contributed by atoms with E-state index in [1.165, 1.54) is 24.9 Å². The molecule has 3 nitrogen and oxygen atoms in total. The fraction of sp³-hybridized carbons (Fsp3) is 0.625. The van der Waals surface area contributed by atoms with Gasteiger partial charge in [-0.3, -0.25) is 4.90 Å². The van der Waals surface area contributed by atoms with Crippen LogP contribution in [0.3, 0.4) is 0 Å². The molecule has 1 fully saturated rings. The van der Waals surface area contributed by atoms with Crippen LogP contribution >= 0.6 is 0 Å². The van der Waals surface area contributed by atoms with Gasteiger partial charge in [-0.15, -0.1) is 0 Å². The SMILES string of the molecule is CCC1CN(CCOc2cccc(C)c2)CCCN1. The Morgan fingerprint density at radius 2 is 2.32 bits per heavy atom. The average Bonchev–Trinajstić information content (AvgIpc) is 2.64. The van der Waals surface area contributed by atoms with Gasteiger partial charge >= 0.3 is 0 Å². The minimum atomic E-state index is 0.640. The van der Waals surface area contributed by atoms with Gasteiger partial charge in [0.1, 0.15) is 12.4 Å². The third-order valence-corrected chi connectivity index (χ3v) is 3.72. The first-order valence-electron chi connectivity index (χ1n) is 7.43. The first-order chi connectivity index (χ1) is 9.28. The molecule has 1 unspecified atom stereocenters. The van der Waals surface area contributed by atoms with Crippen molar-refractivity contribution in [2.45, 2.75) is 32.7 Å². The molecule has 0 spiro atoms. The number of hydrogen-bond acceptors (Lipinski definition) is 3. The van der Waals surface area contributed by atoms with Crippen molar-refractivity contribution in [3.05, 3.63) is 29.8 Å². The van der Waals surface area contributed by atoms with Crippen LogP contribution in [0.5, 0.6) is 5.75 Å². The van der Waals surface area contributed by atoms with Crippen LogP contribution < -0.4 is 10.1 Å². The van der Waals surface area contributed by atoms with E-state index < -0.39 is 0 Å². The zero-order chi connectivity index (χ0) is 13.5. The fourth-order valence-corrected chi connectivity index (χ4v) is 2.55. The van der Waals surface area contributed by atoms with Gasteiger partial charge in [-0.05, 0) is 50.6 Å². The van der Waals surface area contributed by atoms with Crippen molar-refractivity contribution in [1.29, 1.82) is 0 Å². The Morgan fingerprint density at radius 3 is 3.11 bits per heavy atom. The Bertz CT molecular complexity index is 381. The van der Waals surface area contributed by atoms with E-state index in [1.807, 2.05) is 12.1 Å². The van der Waals surface area contributed by atoms with Crippen molar-refractivity contribution in [1.82, 2.24) is 10.2 Å². The summed E-state index contributed by atoms with van der Waals surface area (Å²) in [6, 6.07) is 8.92. The molecule has 19 heavy (non-hydrogen) atoms. The van der Waals surface area contributed by atoms with Gasteiger partial charge in [0, 0.05) is 19.1 Å². The van der Waals surface area contributed by atoms with Crippen LogP contribution in [-0.4, -0.2) is 43.7 Å². The fourth-order valence-electron chi connectivity index (χ4n) is 2.55. The summed E-state index contributed by atoms with van der Waals surface area (Å²) in [6.45, 7) is 9.62. The second-order valence-electron chi connectivity index (χ2n) is 5.38. The number of aryl methyl sites for hydroxylation is 1. The second kappa shape index (κ2) is 7.51. The molecule has 0 aromatic heterocycles. The van der Waals surface area contributed by atoms with E-state index in [-0.39, 0.29) is 0 Å². The van der Waals surface area contributed by atoms with Crippen molar-refractivity contribution in [3.8, 4) is 5.75 Å². The summed E-state index contributed by atoms with van der Waals surface area (Å²) in [5, 5.41) is 3.59. The molecular weight excluding hydrogens is 236 g/mol. The number of nitrogens with one attached hydrogen (secondary N) is 1. The molecule has 2 rings (SSSR count). The zero-order valence-corrected chi connectivity index (χ0v) is 12.2. The quantitative estimate of drug-likeness (QED) is 0.882. The van der Waals surface area contributed by atoms with Gasteiger partial charge in [-0.1, -0.05) is 19.1 Å². The largest absolute Gasteiger partial charge is 0.492 e. The highest BCUT2D eigenvalue weighted by Crippen LogP contribution is 2.12. The summed E-state index contributed by atoms with van der Waals surface area (Å²) in [6.07, 6.45) is 2.44. The molecule has 1 heterocycles. The molecule has 1 aliphatic rings. The summed E-state index contributed by atoms with van der Waals surface area (Å²) in [7, 11) is 0. The van der Waals surface area contributed by atoms with E-state index in [2.05, 4.69) is 36.2 Å². The molecule has 0 bridgehead atoms. The van der Waals surface area contributed by atoms with Crippen molar-refractivity contribution < 1.29 is 4.74 Å². The van der Waals surface area contributed by atoms with Crippen molar-refractivity contribution in [3.63, 3.8) is 0 Å². The number of rotatable bonds is 5. The van der Waals surface area contributed by atoms with E-state index >= 15 is 0 Å². The minimum Gasteiger partial charge on any atom is -0.492 e. The van der Waals surface area contributed by atoms with Gasteiger partial charge in [-0.25, -0.2) is 0 Å². The van der Waals surface area contributed by atoms with Crippen LogP contribution in [0.1, 0.15) is 25.3 Å². The Balaban J connectivity index is 1.75. The molecule has 1 aromatic rings. The lowest BCUT2D eigenvalue weighted by molar-refractivity contribution is 0.205. The number of nitrogens with zero attached hydrogens (tertiary/aromatic N) is 1.